The SMILES string of the molecule is C=CCN(c1ccc(C=O)c(O)c1)c1ccc(C)cc1C. The van der Waals surface area contributed by atoms with Crippen molar-refractivity contribution in [3.05, 3.63) is 65.7 Å². The van der Waals surface area contributed by atoms with E-state index in [9.17, 15) is 9.90 Å². The molecule has 2 aromatic carbocycles. The predicted octanol–water partition coefficient (Wildman–Crippen LogP) is 4.15. The highest BCUT2D eigenvalue weighted by Gasteiger charge is 2.12. The number of hydrogen-bond donors (Lipinski definition) is 1. The van der Waals surface area contributed by atoms with Crippen LogP contribution in [0, 0.1) is 13.8 Å². The molecule has 2 aromatic rings. The number of benzene rings is 2. The van der Waals surface area contributed by atoms with Gasteiger partial charge in [-0.15, -0.1) is 6.58 Å². The molecule has 0 amide bonds. The van der Waals surface area contributed by atoms with Gasteiger partial charge in [0.15, 0.2) is 6.29 Å². The first-order valence-corrected chi connectivity index (χ1v) is 6.80. The Morgan fingerprint density at radius 1 is 1.19 bits per heavy atom. The van der Waals surface area contributed by atoms with Crippen LogP contribution in [-0.4, -0.2) is 17.9 Å². The molecule has 108 valence electrons. The zero-order valence-corrected chi connectivity index (χ0v) is 12.3. The number of carbonyl (C=O) groups excluding carboxylic acids is 1. The van der Waals surface area contributed by atoms with E-state index in [0.29, 0.717) is 12.8 Å². The summed E-state index contributed by atoms with van der Waals surface area (Å²) in [5, 5.41) is 9.89. The lowest BCUT2D eigenvalue weighted by Crippen LogP contribution is -2.17. The van der Waals surface area contributed by atoms with E-state index in [4.69, 9.17) is 0 Å². The lowest BCUT2D eigenvalue weighted by Gasteiger charge is -2.26. The maximum absolute atomic E-state index is 10.8. The van der Waals surface area contributed by atoms with Crippen LogP contribution in [0.5, 0.6) is 5.75 Å². The van der Waals surface area contributed by atoms with Crippen LogP contribution in [0.3, 0.4) is 0 Å². The number of aromatic hydroxyl groups is 1. The van der Waals surface area contributed by atoms with Gasteiger partial charge >= 0.3 is 0 Å². The van der Waals surface area contributed by atoms with Crippen molar-refractivity contribution < 1.29 is 9.90 Å². The second-order valence-corrected chi connectivity index (χ2v) is 5.05. The van der Waals surface area contributed by atoms with Crippen molar-refractivity contribution in [3.8, 4) is 5.75 Å². The van der Waals surface area contributed by atoms with E-state index < -0.39 is 0 Å². The average molecular weight is 281 g/mol. The third-order valence-electron chi connectivity index (χ3n) is 3.41. The molecule has 0 heterocycles. The fourth-order valence-electron chi connectivity index (χ4n) is 2.38. The molecule has 0 saturated carbocycles. The van der Waals surface area contributed by atoms with Gasteiger partial charge in [-0.05, 0) is 37.6 Å². The third kappa shape index (κ3) is 3.14. The van der Waals surface area contributed by atoms with E-state index in [1.807, 2.05) is 12.1 Å². The van der Waals surface area contributed by atoms with Gasteiger partial charge in [-0.3, -0.25) is 4.79 Å². The van der Waals surface area contributed by atoms with Crippen LogP contribution in [0.25, 0.3) is 0 Å². The summed E-state index contributed by atoms with van der Waals surface area (Å²) >= 11 is 0. The van der Waals surface area contributed by atoms with Gasteiger partial charge in [0.1, 0.15) is 5.75 Å². The highest BCUT2D eigenvalue weighted by atomic mass is 16.3. The van der Waals surface area contributed by atoms with Crippen molar-refractivity contribution in [1.82, 2.24) is 0 Å². The van der Waals surface area contributed by atoms with Crippen LogP contribution in [0.4, 0.5) is 11.4 Å². The lowest BCUT2D eigenvalue weighted by atomic mass is 10.1. The molecule has 3 heteroatoms. The van der Waals surface area contributed by atoms with Gasteiger partial charge in [0, 0.05) is 24.0 Å². The number of phenolic OH excluding ortho intramolecular Hbond substituents is 1. The molecule has 0 aliphatic rings. The van der Waals surface area contributed by atoms with Crippen LogP contribution in [0.1, 0.15) is 21.5 Å². The van der Waals surface area contributed by atoms with Crippen molar-refractivity contribution in [3.63, 3.8) is 0 Å². The number of hydrogen-bond acceptors (Lipinski definition) is 3. The second-order valence-electron chi connectivity index (χ2n) is 5.05. The number of rotatable bonds is 5. The molecule has 0 radical (unpaired) electrons. The fraction of sp³-hybridized carbons (Fsp3) is 0.167. The Hall–Kier alpha value is -2.55. The molecule has 21 heavy (non-hydrogen) atoms. The fourth-order valence-corrected chi connectivity index (χ4v) is 2.38. The molecule has 1 N–H and O–H groups in total. The number of aldehydes is 1. The first kappa shape index (κ1) is 14.9. The largest absolute Gasteiger partial charge is 0.507 e. The number of aryl methyl sites for hydroxylation is 2. The van der Waals surface area contributed by atoms with E-state index in [-0.39, 0.29) is 11.3 Å². The van der Waals surface area contributed by atoms with Gasteiger partial charge in [0.2, 0.25) is 0 Å². The summed E-state index contributed by atoms with van der Waals surface area (Å²) in [6, 6.07) is 11.3. The number of anilines is 2. The molecule has 0 saturated heterocycles. The highest BCUT2D eigenvalue weighted by molar-refractivity contribution is 5.81. The zero-order chi connectivity index (χ0) is 15.4. The van der Waals surface area contributed by atoms with Gasteiger partial charge < -0.3 is 10.0 Å². The minimum absolute atomic E-state index is 0.0127. The van der Waals surface area contributed by atoms with Crippen LogP contribution in [-0.2, 0) is 0 Å². The molecule has 0 aliphatic heterocycles. The number of nitrogens with zero attached hydrogens (tertiary/aromatic N) is 1. The first-order valence-electron chi connectivity index (χ1n) is 6.80. The van der Waals surface area contributed by atoms with Gasteiger partial charge in [-0.1, -0.05) is 23.8 Å². The highest BCUT2D eigenvalue weighted by Crippen LogP contribution is 2.31. The van der Waals surface area contributed by atoms with Crippen LogP contribution in [0.2, 0.25) is 0 Å². The Balaban J connectivity index is 2.50. The van der Waals surface area contributed by atoms with Gasteiger partial charge in [-0.2, -0.15) is 0 Å². The van der Waals surface area contributed by atoms with Crippen LogP contribution in [0.15, 0.2) is 49.1 Å². The minimum atomic E-state index is -0.0127. The van der Waals surface area contributed by atoms with Crippen molar-refractivity contribution in [1.29, 1.82) is 0 Å². The Kier molecular flexibility index (Phi) is 4.43. The molecule has 0 atom stereocenters. The number of carbonyl (C=O) groups is 1. The van der Waals surface area contributed by atoms with Crippen molar-refractivity contribution >= 4 is 17.7 Å². The molecule has 0 bridgehead atoms. The molecule has 0 aliphatic carbocycles. The molecule has 0 fully saturated rings. The standard InChI is InChI=1S/C18H19NO2/c1-4-9-19(17-8-5-13(2)10-14(17)3)16-7-6-15(12-20)18(21)11-16/h4-8,10-12,21H,1,9H2,2-3H3. The van der Waals surface area contributed by atoms with Gasteiger partial charge in [0.25, 0.3) is 0 Å². The van der Waals surface area contributed by atoms with Crippen molar-refractivity contribution in [2.75, 3.05) is 11.4 Å². The number of phenols is 1. The second kappa shape index (κ2) is 6.27. The molecular weight excluding hydrogens is 262 g/mol. The first-order chi connectivity index (χ1) is 10.1. The topological polar surface area (TPSA) is 40.5 Å². The molecule has 2 rings (SSSR count). The van der Waals surface area contributed by atoms with Crippen molar-refractivity contribution in [2.45, 2.75) is 13.8 Å². The molecule has 0 aromatic heterocycles. The smallest absolute Gasteiger partial charge is 0.153 e. The van der Waals surface area contributed by atoms with E-state index in [1.54, 1.807) is 12.1 Å². The Bertz CT molecular complexity index is 677. The maximum Gasteiger partial charge on any atom is 0.153 e. The monoisotopic (exact) mass is 281 g/mol. The van der Waals surface area contributed by atoms with Crippen molar-refractivity contribution in [2.24, 2.45) is 0 Å². The summed E-state index contributed by atoms with van der Waals surface area (Å²) < 4.78 is 0. The normalized spacial score (nSPS) is 10.2. The predicted molar refractivity (Wildman–Crippen MR) is 86.6 cm³/mol. The Morgan fingerprint density at radius 2 is 1.95 bits per heavy atom. The summed E-state index contributed by atoms with van der Waals surface area (Å²) in [7, 11) is 0. The Morgan fingerprint density at radius 3 is 2.52 bits per heavy atom. The minimum Gasteiger partial charge on any atom is -0.507 e. The Labute approximate surface area is 125 Å². The van der Waals surface area contributed by atoms with Gasteiger partial charge in [0.05, 0.1) is 5.56 Å². The van der Waals surface area contributed by atoms with E-state index in [0.717, 1.165) is 16.9 Å². The molecular formula is C18H19NO2. The quantitative estimate of drug-likeness (QED) is 0.661. The summed E-state index contributed by atoms with van der Waals surface area (Å²) in [4.78, 5) is 12.9. The van der Waals surface area contributed by atoms with Crippen LogP contribution < -0.4 is 4.90 Å². The summed E-state index contributed by atoms with van der Waals surface area (Å²) in [6.07, 6.45) is 2.46. The zero-order valence-electron chi connectivity index (χ0n) is 12.3. The molecule has 3 nitrogen and oxygen atoms in total. The summed E-state index contributed by atoms with van der Waals surface area (Å²) in [6.45, 7) is 8.52. The van der Waals surface area contributed by atoms with E-state index >= 15 is 0 Å². The molecule has 0 spiro atoms. The van der Waals surface area contributed by atoms with Gasteiger partial charge in [-0.25, -0.2) is 0 Å². The van der Waals surface area contributed by atoms with E-state index in [1.165, 1.54) is 5.56 Å². The van der Waals surface area contributed by atoms with Crippen LogP contribution >= 0.6 is 0 Å². The maximum atomic E-state index is 10.8. The molecule has 0 unspecified atom stereocenters. The average Bonchev–Trinajstić information content (AvgIpc) is 2.45. The lowest BCUT2D eigenvalue weighted by molar-refractivity contribution is 0.112. The summed E-state index contributed by atoms with van der Waals surface area (Å²) in [5.41, 5.74) is 4.52. The van der Waals surface area contributed by atoms with E-state index in [2.05, 4.69) is 43.5 Å². The third-order valence-corrected chi connectivity index (χ3v) is 3.41. The summed E-state index contributed by atoms with van der Waals surface area (Å²) in [5.74, 6) is -0.0127.